The van der Waals surface area contributed by atoms with Crippen LogP contribution in [0, 0.1) is 11.3 Å². The van der Waals surface area contributed by atoms with Crippen molar-refractivity contribution in [2.45, 2.75) is 111 Å². The van der Waals surface area contributed by atoms with Crippen LogP contribution in [0.1, 0.15) is 105 Å². The van der Waals surface area contributed by atoms with E-state index in [0.717, 1.165) is 18.5 Å². The van der Waals surface area contributed by atoms with Gasteiger partial charge in [-0.2, -0.15) is 0 Å². The van der Waals surface area contributed by atoms with Crippen LogP contribution in [0.2, 0.25) is 0 Å². The fourth-order valence-electron chi connectivity index (χ4n) is 4.30. The molecule has 0 aliphatic heterocycles. The molecule has 1 saturated carbocycles. The summed E-state index contributed by atoms with van der Waals surface area (Å²) in [5.74, 6) is 0.895. The van der Waals surface area contributed by atoms with Gasteiger partial charge in [0, 0.05) is 6.04 Å². The number of hydrogen-bond donors (Lipinski definition) is 1. The van der Waals surface area contributed by atoms with Crippen molar-refractivity contribution in [3.8, 4) is 0 Å². The highest BCUT2D eigenvalue weighted by Crippen LogP contribution is 2.43. The van der Waals surface area contributed by atoms with Crippen molar-refractivity contribution in [3.05, 3.63) is 0 Å². The van der Waals surface area contributed by atoms with Crippen LogP contribution in [0.4, 0.5) is 0 Å². The summed E-state index contributed by atoms with van der Waals surface area (Å²) in [4.78, 5) is 0. The van der Waals surface area contributed by atoms with E-state index in [0.29, 0.717) is 5.41 Å². The number of nitrogens with one attached hydrogen (secondary N) is 1. The van der Waals surface area contributed by atoms with Crippen molar-refractivity contribution >= 4 is 0 Å². The molecule has 0 aromatic heterocycles. The van der Waals surface area contributed by atoms with E-state index < -0.39 is 0 Å². The molecule has 1 fully saturated rings. The van der Waals surface area contributed by atoms with Gasteiger partial charge in [0.15, 0.2) is 0 Å². The second kappa shape index (κ2) is 10.6. The van der Waals surface area contributed by atoms with E-state index in [9.17, 15) is 0 Å². The predicted octanol–water partition coefficient (Wildman–Crippen LogP) is 6.32. The molecule has 0 amide bonds. The van der Waals surface area contributed by atoms with E-state index in [2.05, 4.69) is 33.0 Å². The highest BCUT2D eigenvalue weighted by molar-refractivity contribution is 4.90. The van der Waals surface area contributed by atoms with Gasteiger partial charge in [-0.25, -0.2) is 0 Å². The molecule has 21 heavy (non-hydrogen) atoms. The van der Waals surface area contributed by atoms with E-state index >= 15 is 0 Å². The first kappa shape index (κ1) is 19.0. The molecule has 1 heteroatoms. The van der Waals surface area contributed by atoms with E-state index in [1.54, 1.807) is 0 Å². The maximum absolute atomic E-state index is 3.82. The molecule has 2 unspecified atom stereocenters. The van der Waals surface area contributed by atoms with Gasteiger partial charge in [0.05, 0.1) is 0 Å². The maximum atomic E-state index is 3.82. The lowest BCUT2D eigenvalue weighted by molar-refractivity contribution is 0.0942. The van der Waals surface area contributed by atoms with Crippen LogP contribution < -0.4 is 5.32 Å². The molecule has 1 aliphatic carbocycles. The molecule has 1 N–H and O–H groups in total. The van der Waals surface area contributed by atoms with Crippen molar-refractivity contribution in [2.75, 3.05) is 6.54 Å². The van der Waals surface area contributed by atoms with E-state index in [1.807, 2.05) is 0 Å². The van der Waals surface area contributed by atoms with Crippen LogP contribution in [0.3, 0.4) is 0 Å². The minimum atomic E-state index is 0.548. The average molecular weight is 296 g/mol. The lowest BCUT2D eigenvalue weighted by Crippen LogP contribution is -2.44. The Morgan fingerprint density at radius 3 is 2.24 bits per heavy atom. The Bertz CT molecular complexity index is 246. The van der Waals surface area contributed by atoms with Crippen molar-refractivity contribution in [1.82, 2.24) is 5.32 Å². The summed E-state index contributed by atoms with van der Waals surface area (Å²) >= 11 is 0. The highest BCUT2D eigenvalue weighted by atomic mass is 14.9. The Morgan fingerprint density at radius 1 is 0.952 bits per heavy atom. The standard InChI is InChI=1S/C20H41N/c1-5-7-8-9-10-11-12-16-19(21-6-2)18-15-13-14-17-20(18,3)4/h18-19,21H,5-17H2,1-4H3. The second-order valence-electron chi connectivity index (χ2n) is 7.92. The van der Waals surface area contributed by atoms with Gasteiger partial charge in [-0.1, -0.05) is 85.5 Å². The lowest BCUT2D eigenvalue weighted by Gasteiger charge is -2.43. The van der Waals surface area contributed by atoms with Gasteiger partial charge in [0.1, 0.15) is 0 Å². The van der Waals surface area contributed by atoms with E-state index in [4.69, 9.17) is 0 Å². The zero-order chi connectivity index (χ0) is 15.6. The molecule has 0 aromatic carbocycles. The van der Waals surface area contributed by atoms with Crippen LogP contribution in [-0.4, -0.2) is 12.6 Å². The summed E-state index contributed by atoms with van der Waals surface area (Å²) in [6.45, 7) is 10.7. The lowest BCUT2D eigenvalue weighted by atomic mass is 9.65. The van der Waals surface area contributed by atoms with E-state index in [-0.39, 0.29) is 0 Å². The summed E-state index contributed by atoms with van der Waals surface area (Å²) < 4.78 is 0. The fourth-order valence-corrected chi connectivity index (χ4v) is 4.30. The molecule has 1 aliphatic rings. The van der Waals surface area contributed by atoms with Crippen LogP contribution in [0.15, 0.2) is 0 Å². The third kappa shape index (κ3) is 7.17. The molecular weight excluding hydrogens is 254 g/mol. The average Bonchev–Trinajstić information content (AvgIpc) is 2.45. The zero-order valence-electron chi connectivity index (χ0n) is 15.3. The molecule has 1 rings (SSSR count). The first-order valence-electron chi connectivity index (χ1n) is 9.85. The number of rotatable bonds is 11. The van der Waals surface area contributed by atoms with Gasteiger partial charge in [-0.15, -0.1) is 0 Å². The minimum Gasteiger partial charge on any atom is -0.314 e. The predicted molar refractivity (Wildman–Crippen MR) is 95.8 cm³/mol. The fraction of sp³-hybridized carbons (Fsp3) is 1.00. The largest absolute Gasteiger partial charge is 0.314 e. The Kier molecular flexibility index (Phi) is 9.64. The monoisotopic (exact) mass is 295 g/mol. The van der Waals surface area contributed by atoms with Gasteiger partial charge in [-0.05, 0) is 37.1 Å². The summed E-state index contributed by atoms with van der Waals surface area (Å²) in [6, 6.07) is 0.765. The first-order valence-corrected chi connectivity index (χ1v) is 9.85. The van der Waals surface area contributed by atoms with Crippen molar-refractivity contribution in [2.24, 2.45) is 11.3 Å². The van der Waals surface area contributed by atoms with Crippen LogP contribution >= 0.6 is 0 Å². The molecule has 126 valence electrons. The van der Waals surface area contributed by atoms with Gasteiger partial charge in [-0.3, -0.25) is 0 Å². The zero-order valence-corrected chi connectivity index (χ0v) is 15.3. The molecule has 0 radical (unpaired) electrons. The molecule has 0 bridgehead atoms. The minimum absolute atomic E-state index is 0.548. The molecule has 0 spiro atoms. The summed E-state index contributed by atoms with van der Waals surface area (Å²) in [5, 5.41) is 3.82. The van der Waals surface area contributed by atoms with Gasteiger partial charge < -0.3 is 5.32 Å². The normalized spacial score (nSPS) is 23.1. The molecule has 1 nitrogen and oxygen atoms in total. The quantitative estimate of drug-likeness (QED) is 0.440. The third-order valence-corrected chi connectivity index (χ3v) is 5.66. The smallest absolute Gasteiger partial charge is 0.0100 e. The molecular formula is C20H41N. The number of unbranched alkanes of at least 4 members (excludes halogenated alkanes) is 6. The van der Waals surface area contributed by atoms with Crippen molar-refractivity contribution < 1.29 is 0 Å². The molecule has 2 atom stereocenters. The third-order valence-electron chi connectivity index (χ3n) is 5.66. The molecule has 0 saturated heterocycles. The van der Waals surface area contributed by atoms with Crippen LogP contribution in [-0.2, 0) is 0 Å². The van der Waals surface area contributed by atoms with Crippen molar-refractivity contribution in [1.29, 1.82) is 0 Å². The Hall–Kier alpha value is -0.0400. The summed E-state index contributed by atoms with van der Waals surface area (Å²) in [5.41, 5.74) is 0.548. The van der Waals surface area contributed by atoms with Crippen LogP contribution in [0.5, 0.6) is 0 Å². The Morgan fingerprint density at radius 2 is 1.62 bits per heavy atom. The molecule has 0 aromatic rings. The highest BCUT2D eigenvalue weighted by Gasteiger charge is 2.36. The topological polar surface area (TPSA) is 12.0 Å². The Labute approximate surface area is 134 Å². The van der Waals surface area contributed by atoms with Gasteiger partial charge >= 0.3 is 0 Å². The van der Waals surface area contributed by atoms with E-state index in [1.165, 1.54) is 77.0 Å². The molecule has 0 heterocycles. The van der Waals surface area contributed by atoms with Gasteiger partial charge in [0.25, 0.3) is 0 Å². The second-order valence-corrected chi connectivity index (χ2v) is 7.92. The SMILES string of the molecule is CCCCCCCCCC(NCC)C1CCCCC1(C)C. The Balaban J connectivity index is 2.29. The first-order chi connectivity index (χ1) is 10.1. The maximum Gasteiger partial charge on any atom is 0.0100 e. The van der Waals surface area contributed by atoms with Crippen LogP contribution in [0.25, 0.3) is 0 Å². The van der Waals surface area contributed by atoms with Gasteiger partial charge in [0.2, 0.25) is 0 Å². The summed E-state index contributed by atoms with van der Waals surface area (Å²) in [6.07, 6.45) is 17.2. The van der Waals surface area contributed by atoms with Crippen molar-refractivity contribution in [3.63, 3.8) is 0 Å². The number of hydrogen-bond acceptors (Lipinski definition) is 1. The summed E-state index contributed by atoms with van der Waals surface area (Å²) in [7, 11) is 0.